The highest BCUT2D eigenvalue weighted by molar-refractivity contribution is 6.03. The van der Waals surface area contributed by atoms with Crippen LogP contribution in [0.25, 0.3) is 11.0 Å². The first kappa shape index (κ1) is 14.1. The number of hydrogen-bond acceptors (Lipinski definition) is 4. The first-order valence-corrected chi connectivity index (χ1v) is 7.16. The number of ether oxygens (including phenoxy) is 1. The second kappa shape index (κ2) is 5.50. The lowest BCUT2D eigenvalue weighted by Gasteiger charge is -2.34. The molecule has 2 aromatic rings. The van der Waals surface area contributed by atoms with Crippen LogP contribution in [0.15, 0.2) is 28.7 Å². The molecule has 1 saturated heterocycles. The van der Waals surface area contributed by atoms with E-state index in [1.54, 1.807) is 12.1 Å². The molecule has 2 atom stereocenters. The SMILES string of the molecule is C[C@@H]1CN(Cc2oc3ccccc3c2C(=O)O)C[C@H](C)O1. The molecule has 21 heavy (non-hydrogen) atoms. The lowest BCUT2D eigenvalue weighted by molar-refractivity contribution is -0.0717. The van der Waals surface area contributed by atoms with Crippen molar-refractivity contribution in [3.05, 3.63) is 35.6 Å². The van der Waals surface area contributed by atoms with Gasteiger partial charge in [-0.05, 0) is 19.9 Å². The third kappa shape index (κ3) is 2.80. The van der Waals surface area contributed by atoms with E-state index >= 15 is 0 Å². The fourth-order valence-electron chi connectivity index (χ4n) is 3.06. The van der Waals surface area contributed by atoms with Gasteiger partial charge in [-0.1, -0.05) is 18.2 Å². The highest BCUT2D eigenvalue weighted by Gasteiger charge is 2.26. The molecule has 1 fully saturated rings. The van der Waals surface area contributed by atoms with Crippen LogP contribution >= 0.6 is 0 Å². The summed E-state index contributed by atoms with van der Waals surface area (Å²) in [6.45, 7) is 6.11. The van der Waals surface area contributed by atoms with Gasteiger partial charge in [0.05, 0.1) is 18.8 Å². The zero-order chi connectivity index (χ0) is 15.0. The number of para-hydroxylation sites is 1. The predicted octanol–water partition coefficient (Wildman–Crippen LogP) is 2.74. The summed E-state index contributed by atoms with van der Waals surface area (Å²) in [7, 11) is 0. The minimum atomic E-state index is -0.940. The molecule has 0 saturated carbocycles. The maximum absolute atomic E-state index is 11.6. The molecule has 1 aliphatic heterocycles. The molecule has 112 valence electrons. The lowest BCUT2D eigenvalue weighted by atomic mass is 10.1. The average Bonchev–Trinajstić information content (AvgIpc) is 2.75. The standard InChI is InChI=1S/C16H19NO4/c1-10-7-17(8-11(2)20-10)9-14-15(16(18)19)12-5-3-4-6-13(12)21-14/h3-6,10-11H,7-9H2,1-2H3,(H,18,19)/t10-,11+. The van der Waals surface area contributed by atoms with Crippen molar-refractivity contribution in [2.75, 3.05) is 13.1 Å². The first-order chi connectivity index (χ1) is 10.0. The van der Waals surface area contributed by atoms with Crippen LogP contribution in [0.3, 0.4) is 0 Å². The maximum Gasteiger partial charge on any atom is 0.339 e. The van der Waals surface area contributed by atoms with Gasteiger partial charge in [-0.15, -0.1) is 0 Å². The normalized spacial score (nSPS) is 23.5. The summed E-state index contributed by atoms with van der Waals surface area (Å²) in [5.41, 5.74) is 0.900. The van der Waals surface area contributed by atoms with Crippen molar-refractivity contribution in [1.29, 1.82) is 0 Å². The quantitative estimate of drug-likeness (QED) is 0.941. The number of hydrogen-bond donors (Lipinski definition) is 1. The first-order valence-electron chi connectivity index (χ1n) is 7.16. The molecule has 3 rings (SSSR count). The number of nitrogens with zero attached hydrogens (tertiary/aromatic N) is 1. The lowest BCUT2D eigenvalue weighted by Crippen LogP contribution is -2.44. The summed E-state index contributed by atoms with van der Waals surface area (Å²) < 4.78 is 11.5. The van der Waals surface area contributed by atoms with Gasteiger partial charge < -0.3 is 14.3 Å². The van der Waals surface area contributed by atoms with Gasteiger partial charge >= 0.3 is 5.97 Å². The van der Waals surface area contributed by atoms with Crippen LogP contribution in [0.4, 0.5) is 0 Å². The Kier molecular flexibility index (Phi) is 3.69. The predicted molar refractivity (Wildman–Crippen MR) is 78.5 cm³/mol. The summed E-state index contributed by atoms with van der Waals surface area (Å²) in [5.74, 6) is -0.422. The summed E-state index contributed by atoms with van der Waals surface area (Å²) >= 11 is 0. The molecule has 0 radical (unpaired) electrons. The third-order valence-electron chi connectivity index (χ3n) is 3.74. The van der Waals surface area contributed by atoms with E-state index in [-0.39, 0.29) is 17.8 Å². The van der Waals surface area contributed by atoms with E-state index in [1.165, 1.54) is 0 Å². The van der Waals surface area contributed by atoms with Gasteiger partial charge in [-0.2, -0.15) is 0 Å². The second-order valence-corrected chi connectivity index (χ2v) is 5.65. The van der Waals surface area contributed by atoms with E-state index in [0.29, 0.717) is 23.3 Å². The molecule has 0 aliphatic carbocycles. The molecule has 5 nitrogen and oxygen atoms in total. The van der Waals surface area contributed by atoms with Gasteiger partial charge in [0, 0.05) is 18.5 Å². The molecule has 0 spiro atoms. The summed E-state index contributed by atoms with van der Waals surface area (Å²) in [6.07, 6.45) is 0.290. The number of fused-ring (bicyclic) bond motifs is 1. The van der Waals surface area contributed by atoms with Crippen molar-refractivity contribution in [3.63, 3.8) is 0 Å². The van der Waals surface area contributed by atoms with Gasteiger partial charge in [0.1, 0.15) is 16.9 Å². The van der Waals surface area contributed by atoms with E-state index in [2.05, 4.69) is 4.90 Å². The van der Waals surface area contributed by atoms with Gasteiger partial charge in [0.2, 0.25) is 0 Å². The Bertz CT molecular complexity index is 653. The number of benzene rings is 1. The fourth-order valence-corrected chi connectivity index (χ4v) is 3.06. The minimum Gasteiger partial charge on any atom is -0.478 e. The largest absolute Gasteiger partial charge is 0.478 e. The number of furan rings is 1. The number of aromatic carboxylic acids is 1. The number of morpholine rings is 1. The van der Waals surface area contributed by atoms with Gasteiger partial charge in [-0.3, -0.25) is 4.90 Å². The Labute approximate surface area is 123 Å². The third-order valence-corrected chi connectivity index (χ3v) is 3.74. The van der Waals surface area contributed by atoms with E-state index in [4.69, 9.17) is 9.15 Å². The van der Waals surface area contributed by atoms with Crippen LogP contribution in [0.2, 0.25) is 0 Å². The molecular formula is C16H19NO4. The van der Waals surface area contributed by atoms with E-state index < -0.39 is 5.97 Å². The molecule has 2 heterocycles. The monoisotopic (exact) mass is 289 g/mol. The van der Waals surface area contributed by atoms with Gasteiger partial charge in [0.15, 0.2) is 0 Å². The second-order valence-electron chi connectivity index (χ2n) is 5.65. The number of rotatable bonds is 3. The van der Waals surface area contributed by atoms with E-state index in [9.17, 15) is 9.90 Å². The van der Waals surface area contributed by atoms with Crippen molar-refractivity contribution < 1.29 is 19.1 Å². The van der Waals surface area contributed by atoms with Crippen LogP contribution in [-0.4, -0.2) is 41.3 Å². The highest BCUT2D eigenvalue weighted by Crippen LogP contribution is 2.27. The summed E-state index contributed by atoms with van der Waals surface area (Å²) in [4.78, 5) is 13.7. The van der Waals surface area contributed by atoms with Crippen LogP contribution in [0.1, 0.15) is 30.0 Å². The number of carbonyl (C=O) groups is 1. The summed E-state index contributed by atoms with van der Waals surface area (Å²) in [5, 5.41) is 10.1. The Balaban J connectivity index is 1.93. The maximum atomic E-state index is 11.6. The highest BCUT2D eigenvalue weighted by atomic mass is 16.5. The van der Waals surface area contributed by atoms with E-state index in [0.717, 1.165) is 13.1 Å². The van der Waals surface area contributed by atoms with Crippen molar-refractivity contribution >= 4 is 16.9 Å². The smallest absolute Gasteiger partial charge is 0.339 e. The summed E-state index contributed by atoms with van der Waals surface area (Å²) in [6, 6.07) is 7.26. The fraction of sp³-hybridized carbons (Fsp3) is 0.438. The minimum absolute atomic E-state index is 0.145. The number of carboxylic acids is 1. The molecule has 5 heteroatoms. The van der Waals surface area contributed by atoms with Crippen molar-refractivity contribution in [3.8, 4) is 0 Å². The molecule has 1 N–H and O–H groups in total. The molecule has 0 amide bonds. The molecule has 0 unspecified atom stereocenters. The van der Waals surface area contributed by atoms with Crippen molar-refractivity contribution in [1.82, 2.24) is 4.90 Å². The average molecular weight is 289 g/mol. The zero-order valence-corrected chi connectivity index (χ0v) is 12.2. The molecule has 1 aromatic heterocycles. The molecule has 0 bridgehead atoms. The molecular weight excluding hydrogens is 270 g/mol. The molecule has 1 aromatic carbocycles. The molecule has 1 aliphatic rings. The van der Waals surface area contributed by atoms with Crippen LogP contribution in [0, 0.1) is 0 Å². The van der Waals surface area contributed by atoms with Gasteiger partial charge in [0.25, 0.3) is 0 Å². The zero-order valence-electron chi connectivity index (χ0n) is 12.2. The van der Waals surface area contributed by atoms with Crippen molar-refractivity contribution in [2.45, 2.75) is 32.6 Å². The van der Waals surface area contributed by atoms with E-state index in [1.807, 2.05) is 26.0 Å². The Morgan fingerprint density at radius 3 is 2.62 bits per heavy atom. The Morgan fingerprint density at radius 1 is 1.29 bits per heavy atom. The van der Waals surface area contributed by atoms with Gasteiger partial charge in [-0.25, -0.2) is 4.79 Å². The van der Waals surface area contributed by atoms with Crippen LogP contribution < -0.4 is 0 Å². The van der Waals surface area contributed by atoms with Crippen LogP contribution in [-0.2, 0) is 11.3 Å². The topological polar surface area (TPSA) is 62.9 Å². The van der Waals surface area contributed by atoms with Crippen LogP contribution in [0.5, 0.6) is 0 Å². The number of carboxylic acid groups (broad SMARTS) is 1. The Hall–Kier alpha value is -1.85. The van der Waals surface area contributed by atoms with Crippen molar-refractivity contribution in [2.24, 2.45) is 0 Å². The Morgan fingerprint density at radius 2 is 1.95 bits per heavy atom.